The fourth-order valence-electron chi connectivity index (χ4n) is 2.43. The fraction of sp³-hybridized carbons (Fsp3) is 0.474. The number of aliphatic hydroxyl groups excluding tert-OH is 1. The van der Waals surface area contributed by atoms with Crippen LogP contribution in [0.4, 0.5) is 0 Å². The first-order valence-corrected chi connectivity index (χ1v) is 10.1. The molecular formula is C19H28N4O7S. The van der Waals surface area contributed by atoms with Crippen molar-refractivity contribution in [1.82, 2.24) is 16.0 Å². The van der Waals surface area contributed by atoms with Crippen molar-refractivity contribution >= 4 is 36.3 Å². The van der Waals surface area contributed by atoms with Crippen LogP contribution in [0.3, 0.4) is 0 Å². The number of rotatable bonds is 11. The number of carboxylic acid groups (broad SMARTS) is 1. The summed E-state index contributed by atoms with van der Waals surface area (Å²) in [7, 11) is 0. The molecule has 0 aliphatic heterocycles. The molecule has 1 rings (SSSR count). The standard InChI is InChI=1S/C19H28N4O7S/c1-9(21-17(27)14(8-31)23-18(28)15(20)10(2)24)16(26)22-13(19(29)30)7-11-3-5-12(25)6-4-11/h3-6,9-10,13-15,24-25,31H,7-8,20H2,1-2H3,(H,21,27)(H,22,26)(H,23,28)(H,29,30). The van der Waals surface area contributed by atoms with Crippen LogP contribution in [0.25, 0.3) is 0 Å². The Morgan fingerprint density at radius 2 is 1.52 bits per heavy atom. The zero-order chi connectivity index (χ0) is 23.7. The zero-order valence-corrected chi connectivity index (χ0v) is 18.0. The molecule has 0 aliphatic carbocycles. The Balaban J connectivity index is 2.70. The minimum absolute atomic E-state index is 0.0243. The highest BCUT2D eigenvalue weighted by Crippen LogP contribution is 2.11. The topological polar surface area (TPSA) is 191 Å². The lowest BCUT2D eigenvalue weighted by Gasteiger charge is -2.23. The Bertz CT molecular complexity index is 788. The third-order valence-corrected chi connectivity index (χ3v) is 4.75. The highest BCUT2D eigenvalue weighted by molar-refractivity contribution is 7.80. The number of nitrogens with two attached hydrogens (primary N) is 1. The summed E-state index contributed by atoms with van der Waals surface area (Å²) in [5.41, 5.74) is 6.09. The van der Waals surface area contributed by atoms with Crippen LogP contribution in [-0.4, -0.2) is 75.0 Å². The second-order valence-electron chi connectivity index (χ2n) is 7.01. The average Bonchev–Trinajstić information content (AvgIpc) is 2.71. The lowest BCUT2D eigenvalue weighted by Crippen LogP contribution is -2.58. The summed E-state index contributed by atoms with van der Waals surface area (Å²) in [6.07, 6.45) is -1.16. The van der Waals surface area contributed by atoms with Crippen molar-refractivity contribution in [3.63, 3.8) is 0 Å². The molecule has 11 nitrogen and oxygen atoms in total. The van der Waals surface area contributed by atoms with Gasteiger partial charge in [0.1, 0.15) is 29.9 Å². The summed E-state index contributed by atoms with van der Waals surface area (Å²) in [4.78, 5) is 48.2. The van der Waals surface area contributed by atoms with Crippen LogP contribution < -0.4 is 21.7 Å². The molecule has 0 saturated carbocycles. The van der Waals surface area contributed by atoms with E-state index in [0.29, 0.717) is 5.56 Å². The third-order valence-electron chi connectivity index (χ3n) is 4.38. The van der Waals surface area contributed by atoms with Crippen molar-refractivity contribution in [1.29, 1.82) is 0 Å². The lowest BCUT2D eigenvalue weighted by molar-refractivity contribution is -0.142. The van der Waals surface area contributed by atoms with E-state index in [2.05, 4.69) is 28.6 Å². The van der Waals surface area contributed by atoms with Gasteiger partial charge in [0.15, 0.2) is 0 Å². The fourth-order valence-corrected chi connectivity index (χ4v) is 2.68. The number of benzene rings is 1. The molecule has 0 bridgehead atoms. The Morgan fingerprint density at radius 1 is 0.968 bits per heavy atom. The van der Waals surface area contributed by atoms with E-state index in [1.165, 1.54) is 38.1 Å². The SMILES string of the molecule is CC(NC(=O)C(CS)NC(=O)C(N)C(C)O)C(=O)NC(Cc1ccc(O)cc1)C(=O)O. The van der Waals surface area contributed by atoms with E-state index < -0.39 is 54.0 Å². The largest absolute Gasteiger partial charge is 0.508 e. The maximum atomic E-state index is 12.4. The molecule has 172 valence electrons. The van der Waals surface area contributed by atoms with Crippen LogP contribution in [0.15, 0.2) is 24.3 Å². The van der Waals surface area contributed by atoms with Crippen LogP contribution in [-0.2, 0) is 25.6 Å². The number of phenols is 1. The molecule has 0 fully saturated rings. The minimum Gasteiger partial charge on any atom is -0.508 e. The molecule has 0 saturated heterocycles. The van der Waals surface area contributed by atoms with E-state index in [9.17, 15) is 34.5 Å². The van der Waals surface area contributed by atoms with Gasteiger partial charge in [0.25, 0.3) is 0 Å². The first kappa shape index (κ1) is 26.2. The van der Waals surface area contributed by atoms with Gasteiger partial charge in [0.2, 0.25) is 17.7 Å². The number of aliphatic carboxylic acids is 1. The summed E-state index contributed by atoms with van der Waals surface area (Å²) in [6.45, 7) is 2.68. The van der Waals surface area contributed by atoms with Crippen LogP contribution >= 0.6 is 12.6 Å². The van der Waals surface area contributed by atoms with Gasteiger partial charge in [-0.1, -0.05) is 12.1 Å². The number of carbonyl (C=O) groups is 4. The quantitative estimate of drug-likeness (QED) is 0.178. The molecule has 12 heteroatoms. The first-order chi connectivity index (χ1) is 14.5. The predicted octanol–water partition coefficient (Wildman–Crippen LogP) is -1.87. The number of aromatic hydroxyl groups is 1. The van der Waals surface area contributed by atoms with Crippen molar-refractivity contribution in [2.24, 2.45) is 5.73 Å². The predicted molar refractivity (Wildman–Crippen MR) is 114 cm³/mol. The van der Waals surface area contributed by atoms with E-state index in [4.69, 9.17) is 5.73 Å². The molecule has 0 heterocycles. The van der Waals surface area contributed by atoms with E-state index in [-0.39, 0.29) is 17.9 Å². The minimum atomic E-state index is -1.27. The van der Waals surface area contributed by atoms with Gasteiger partial charge in [-0.15, -0.1) is 0 Å². The van der Waals surface area contributed by atoms with Gasteiger partial charge in [-0.05, 0) is 31.5 Å². The maximum absolute atomic E-state index is 12.4. The van der Waals surface area contributed by atoms with Crippen molar-refractivity contribution in [2.75, 3.05) is 5.75 Å². The maximum Gasteiger partial charge on any atom is 0.326 e. The van der Waals surface area contributed by atoms with Gasteiger partial charge in [-0.25, -0.2) is 4.79 Å². The molecule has 1 aromatic rings. The highest BCUT2D eigenvalue weighted by atomic mass is 32.1. The van der Waals surface area contributed by atoms with Crippen LogP contribution in [0.2, 0.25) is 0 Å². The number of hydrogen-bond acceptors (Lipinski definition) is 8. The summed E-state index contributed by atoms with van der Waals surface area (Å²) in [5.74, 6) is -3.58. The summed E-state index contributed by atoms with van der Waals surface area (Å²) >= 11 is 3.99. The Kier molecular flexibility index (Phi) is 10.3. The van der Waals surface area contributed by atoms with Crippen molar-refractivity contribution in [2.45, 2.75) is 50.5 Å². The Morgan fingerprint density at radius 3 is 2.00 bits per heavy atom. The zero-order valence-electron chi connectivity index (χ0n) is 17.1. The van der Waals surface area contributed by atoms with Crippen molar-refractivity contribution < 1.29 is 34.5 Å². The van der Waals surface area contributed by atoms with Crippen molar-refractivity contribution in [3.8, 4) is 5.75 Å². The number of phenolic OH excluding ortho intramolecular Hbond substituents is 1. The summed E-state index contributed by atoms with van der Waals surface area (Å²) < 4.78 is 0. The molecule has 3 amide bonds. The number of hydrogen-bond donors (Lipinski definition) is 8. The summed E-state index contributed by atoms with van der Waals surface area (Å²) in [5, 5.41) is 35.1. The van der Waals surface area contributed by atoms with Gasteiger partial charge in [-0.3, -0.25) is 14.4 Å². The molecule has 8 N–H and O–H groups in total. The molecule has 31 heavy (non-hydrogen) atoms. The van der Waals surface area contributed by atoms with E-state index in [0.717, 1.165) is 0 Å². The van der Waals surface area contributed by atoms with E-state index >= 15 is 0 Å². The number of carbonyl (C=O) groups excluding carboxylic acids is 3. The van der Waals surface area contributed by atoms with Crippen LogP contribution in [0.5, 0.6) is 5.75 Å². The van der Waals surface area contributed by atoms with Gasteiger partial charge < -0.3 is 37.0 Å². The number of nitrogens with one attached hydrogen (secondary N) is 3. The molecular weight excluding hydrogens is 428 g/mol. The smallest absolute Gasteiger partial charge is 0.326 e. The van der Waals surface area contributed by atoms with E-state index in [1.807, 2.05) is 0 Å². The van der Waals surface area contributed by atoms with E-state index in [1.54, 1.807) is 0 Å². The molecule has 0 aromatic heterocycles. The normalized spacial score (nSPS) is 15.6. The Hall–Kier alpha value is -2.83. The molecule has 5 unspecified atom stereocenters. The third kappa shape index (κ3) is 8.44. The van der Waals surface area contributed by atoms with Gasteiger partial charge >= 0.3 is 5.97 Å². The average molecular weight is 457 g/mol. The summed E-state index contributed by atoms with van der Waals surface area (Å²) in [6, 6.07) is 1.11. The second kappa shape index (κ2) is 12.1. The van der Waals surface area contributed by atoms with Crippen LogP contribution in [0.1, 0.15) is 19.4 Å². The monoisotopic (exact) mass is 456 g/mol. The molecule has 5 atom stereocenters. The van der Waals surface area contributed by atoms with Crippen molar-refractivity contribution in [3.05, 3.63) is 29.8 Å². The number of amides is 3. The highest BCUT2D eigenvalue weighted by Gasteiger charge is 2.28. The molecule has 0 radical (unpaired) electrons. The second-order valence-corrected chi connectivity index (χ2v) is 7.38. The number of aliphatic hydroxyl groups is 1. The molecule has 1 aromatic carbocycles. The molecule has 0 spiro atoms. The van der Waals surface area contributed by atoms with Gasteiger partial charge in [0, 0.05) is 12.2 Å². The van der Waals surface area contributed by atoms with Gasteiger partial charge in [-0.2, -0.15) is 12.6 Å². The molecule has 0 aliphatic rings. The first-order valence-electron chi connectivity index (χ1n) is 9.42. The number of carboxylic acids is 1. The van der Waals surface area contributed by atoms with Crippen LogP contribution in [0, 0.1) is 0 Å². The lowest BCUT2D eigenvalue weighted by atomic mass is 10.1. The van der Waals surface area contributed by atoms with Gasteiger partial charge in [0.05, 0.1) is 6.10 Å². The number of thiol groups is 1. The Labute approximate surface area is 184 Å².